The Morgan fingerprint density at radius 1 is 1.19 bits per heavy atom. The van der Waals surface area contributed by atoms with Crippen molar-refractivity contribution in [3.63, 3.8) is 0 Å². The van der Waals surface area contributed by atoms with Crippen LogP contribution in [-0.2, 0) is 6.42 Å². The highest BCUT2D eigenvalue weighted by Gasteiger charge is 2.08. The van der Waals surface area contributed by atoms with Gasteiger partial charge in [-0.05, 0) is 29.8 Å². The molecule has 2 aromatic rings. The number of benzene rings is 1. The van der Waals surface area contributed by atoms with E-state index in [2.05, 4.69) is 4.98 Å². The molecule has 0 spiro atoms. The predicted molar refractivity (Wildman–Crippen MR) is 65.3 cm³/mol. The van der Waals surface area contributed by atoms with E-state index in [9.17, 15) is 4.79 Å². The number of hydrogen-bond acceptors (Lipinski definition) is 1. The van der Waals surface area contributed by atoms with E-state index in [0.717, 1.165) is 5.56 Å². The molecule has 0 saturated carbocycles. The standard InChI is InChI=1S/C12H9Cl2NO/c13-9-4-3-8(6-10(9)14)7-12(16)11-2-1-5-15-11/h1-6,15H,7H2. The second kappa shape index (κ2) is 4.73. The van der Waals surface area contributed by atoms with Crippen LogP contribution in [-0.4, -0.2) is 10.8 Å². The van der Waals surface area contributed by atoms with Gasteiger partial charge in [0, 0.05) is 12.6 Å². The molecule has 4 heteroatoms. The Morgan fingerprint density at radius 2 is 2.00 bits per heavy atom. The van der Waals surface area contributed by atoms with Gasteiger partial charge in [0.2, 0.25) is 0 Å². The second-order valence-electron chi connectivity index (χ2n) is 3.43. The zero-order valence-corrected chi connectivity index (χ0v) is 9.85. The molecule has 2 nitrogen and oxygen atoms in total. The molecule has 0 aliphatic heterocycles. The molecule has 0 saturated heterocycles. The van der Waals surface area contributed by atoms with Crippen molar-refractivity contribution < 1.29 is 4.79 Å². The third kappa shape index (κ3) is 2.46. The fourth-order valence-electron chi connectivity index (χ4n) is 1.43. The van der Waals surface area contributed by atoms with Crippen molar-refractivity contribution in [2.75, 3.05) is 0 Å². The van der Waals surface area contributed by atoms with Crippen molar-refractivity contribution in [2.24, 2.45) is 0 Å². The molecule has 82 valence electrons. The molecule has 0 radical (unpaired) electrons. The Hall–Kier alpha value is -1.25. The minimum Gasteiger partial charge on any atom is -0.359 e. The topological polar surface area (TPSA) is 32.9 Å². The van der Waals surface area contributed by atoms with Gasteiger partial charge >= 0.3 is 0 Å². The number of halogens is 2. The number of rotatable bonds is 3. The molecule has 0 aliphatic rings. The maximum atomic E-state index is 11.8. The second-order valence-corrected chi connectivity index (χ2v) is 4.25. The van der Waals surface area contributed by atoms with Crippen molar-refractivity contribution in [3.05, 3.63) is 57.8 Å². The van der Waals surface area contributed by atoms with Crippen LogP contribution >= 0.6 is 23.2 Å². The summed E-state index contributed by atoms with van der Waals surface area (Å²) >= 11 is 11.7. The van der Waals surface area contributed by atoms with Crippen LogP contribution in [0.15, 0.2) is 36.5 Å². The van der Waals surface area contributed by atoms with Crippen LogP contribution in [0.4, 0.5) is 0 Å². The quantitative estimate of drug-likeness (QED) is 0.831. The van der Waals surface area contributed by atoms with Gasteiger partial charge in [0.05, 0.1) is 15.7 Å². The Labute approximate surface area is 103 Å². The van der Waals surface area contributed by atoms with Gasteiger partial charge in [-0.1, -0.05) is 29.3 Å². The first kappa shape index (κ1) is 11.2. The molecule has 1 aromatic carbocycles. The first-order valence-corrected chi connectivity index (χ1v) is 5.53. The minimum absolute atomic E-state index is 0.0309. The first-order chi connectivity index (χ1) is 7.66. The minimum atomic E-state index is 0.0309. The number of aromatic nitrogens is 1. The maximum absolute atomic E-state index is 11.8. The molecule has 0 aliphatic carbocycles. The molecule has 2 rings (SSSR count). The SMILES string of the molecule is O=C(Cc1ccc(Cl)c(Cl)c1)c1ccc[nH]1. The van der Waals surface area contributed by atoms with Crippen LogP contribution in [0.25, 0.3) is 0 Å². The molecule has 1 aromatic heterocycles. The van der Waals surface area contributed by atoms with E-state index in [1.807, 2.05) is 0 Å². The summed E-state index contributed by atoms with van der Waals surface area (Å²) in [7, 11) is 0. The van der Waals surface area contributed by atoms with Gasteiger partial charge in [-0.3, -0.25) is 4.79 Å². The normalized spacial score (nSPS) is 10.4. The Kier molecular flexibility index (Phi) is 3.32. The van der Waals surface area contributed by atoms with Crippen LogP contribution < -0.4 is 0 Å². The van der Waals surface area contributed by atoms with Gasteiger partial charge in [-0.2, -0.15) is 0 Å². The van der Waals surface area contributed by atoms with Crippen molar-refractivity contribution in [1.82, 2.24) is 4.98 Å². The van der Waals surface area contributed by atoms with Crippen molar-refractivity contribution in [1.29, 1.82) is 0 Å². The molecule has 0 fully saturated rings. The van der Waals surface area contributed by atoms with Crippen molar-refractivity contribution in [2.45, 2.75) is 6.42 Å². The number of hydrogen-bond donors (Lipinski definition) is 1. The molecular weight excluding hydrogens is 245 g/mol. The summed E-state index contributed by atoms with van der Waals surface area (Å²) in [5.74, 6) is 0.0309. The number of carbonyl (C=O) groups is 1. The number of H-pyrrole nitrogens is 1. The lowest BCUT2D eigenvalue weighted by molar-refractivity contribution is 0.0989. The number of carbonyl (C=O) groups excluding carboxylic acids is 1. The Balaban J connectivity index is 2.15. The first-order valence-electron chi connectivity index (χ1n) is 4.77. The summed E-state index contributed by atoms with van der Waals surface area (Å²) in [6.45, 7) is 0. The number of aromatic amines is 1. The van der Waals surface area contributed by atoms with E-state index in [0.29, 0.717) is 22.2 Å². The summed E-state index contributed by atoms with van der Waals surface area (Å²) < 4.78 is 0. The highest BCUT2D eigenvalue weighted by molar-refractivity contribution is 6.42. The van der Waals surface area contributed by atoms with Crippen molar-refractivity contribution in [3.8, 4) is 0 Å². The fraction of sp³-hybridized carbons (Fsp3) is 0.0833. The lowest BCUT2D eigenvalue weighted by Gasteiger charge is -2.01. The van der Waals surface area contributed by atoms with Gasteiger partial charge in [0.15, 0.2) is 5.78 Å². The van der Waals surface area contributed by atoms with Gasteiger partial charge < -0.3 is 4.98 Å². The zero-order valence-electron chi connectivity index (χ0n) is 8.34. The van der Waals surface area contributed by atoms with E-state index in [4.69, 9.17) is 23.2 Å². The third-order valence-corrected chi connectivity index (χ3v) is 2.99. The lowest BCUT2D eigenvalue weighted by Crippen LogP contribution is -2.03. The average molecular weight is 254 g/mol. The molecular formula is C12H9Cl2NO. The summed E-state index contributed by atoms with van der Waals surface area (Å²) in [6.07, 6.45) is 2.04. The smallest absolute Gasteiger partial charge is 0.183 e. The molecule has 16 heavy (non-hydrogen) atoms. The van der Waals surface area contributed by atoms with Gasteiger partial charge in [0.25, 0.3) is 0 Å². The van der Waals surface area contributed by atoms with Gasteiger partial charge in [0.1, 0.15) is 0 Å². The fourth-order valence-corrected chi connectivity index (χ4v) is 1.75. The van der Waals surface area contributed by atoms with E-state index in [-0.39, 0.29) is 5.78 Å². The lowest BCUT2D eigenvalue weighted by atomic mass is 10.1. The summed E-state index contributed by atoms with van der Waals surface area (Å²) in [5.41, 5.74) is 1.46. The molecule has 1 N–H and O–H groups in total. The highest BCUT2D eigenvalue weighted by atomic mass is 35.5. The zero-order chi connectivity index (χ0) is 11.5. The summed E-state index contributed by atoms with van der Waals surface area (Å²) in [4.78, 5) is 14.6. The van der Waals surface area contributed by atoms with Crippen LogP contribution in [0.3, 0.4) is 0 Å². The monoisotopic (exact) mass is 253 g/mol. The number of Topliss-reactive ketones (excluding diaryl/α,β-unsaturated/α-hetero) is 1. The van der Waals surface area contributed by atoms with Crippen LogP contribution in [0.5, 0.6) is 0 Å². The summed E-state index contributed by atoms with van der Waals surface area (Å²) in [6, 6.07) is 8.75. The molecule has 1 heterocycles. The average Bonchev–Trinajstić information content (AvgIpc) is 2.77. The maximum Gasteiger partial charge on any atom is 0.183 e. The van der Waals surface area contributed by atoms with E-state index < -0.39 is 0 Å². The number of ketones is 1. The third-order valence-electron chi connectivity index (χ3n) is 2.25. The largest absolute Gasteiger partial charge is 0.359 e. The molecule has 0 atom stereocenters. The van der Waals surface area contributed by atoms with Crippen LogP contribution in [0.1, 0.15) is 16.1 Å². The Bertz CT molecular complexity index is 506. The van der Waals surface area contributed by atoms with E-state index in [1.165, 1.54) is 0 Å². The number of nitrogens with one attached hydrogen (secondary N) is 1. The van der Waals surface area contributed by atoms with Crippen LogP contribution in [0, 0.1) is 0 Å². The summed E-state index contributed by atoms with van der Waals surface area (Å²) in [5, 5.41) is 0.969. The van der Waals surface area contributed by atoms with E-state index in [1.54, 1.807) is 36.5 Å². The molecule has 0 bridgehead atoms. The molecule has 0 amide bonds. The van der Waals surface area contributed by atoms with Gasteiger partial charge in [-0.15, -0.1) is 0 Å². The van der Waals surface area contributed by atoms with Crippen LogP contribution in [0.2, 0.25) is 10.0 Å². The molecule has 0 unspecified atom stereocenters. The van der Waals surface area contributed by atoms with E-state index >= 15 is 0 Å². The van der Waals surface area contributed by atoms with Crippen molar-refractivity contribution >= 4 is 29.0 Å². The predicted octanol–water partition coefficient (Wildman–Crippen LogP) is 3.75. The highest BCUT2D eigenvalue weighted by Crippen LogP contribution is 2.23. The van der Waals surface area contributed by atoms with Gasteiger partial charge in [-0.25, -0.2) is 0 Å². The Morgan fingerprint density at radius 3 is 2.62 bits per heavy atom.